The lowest BCUT2D eigenvalue weighted by Crippen LogP contribution is -2.24. The predicted octanol–water partition coefficient (Wildman–Crippen LogP) is 4.89. The van der Waals surface area contributed by atoms with Crippen LogP contribution in [0.2, 0.25) is 5.02 Å². The number of rotatable bonds is 3. The van der Waals surface area contributed by atoms with Gasteiger partial charge in [-0.2, -0.15) is 0 Å². The SMILES string of the molecule is Cc1cc(C)c(NC(=O)N/C=C/c2ccc(F)cc2)c(Cl)c1. The highest BCUT2D eigenvalue weighted by atomic mass is 35.5. The lowest BCUT2D eigenvalue weighted by atomic mass is 10.1. The van der Waals surface area contributed by atoms with Crippen molar-refractivity contribution in [3.05, 3.63) is 70.1 Å². The van der Waals surface area contributed by atoms with Gasteiger partial charge in [-0.05, 0) is 54.8 Å². The number of hydrogen-bond acceptors (Lipinski definition) is 1. The Morgan fingerprint density at radius 3 is 2.50 bits per heavy atom. The molecule has 0 aliphatic carbocycles. The Balaban J connectivity index is 1.97. The first-order chi connectivity index (χ1) is 10.5. The molecule has 0 saturated heterocycles. The Bertz CT molecular complexity index is 688. The first-order valence-electron chi connectivity index (χ1n) is 6.72. The van der Waals surface area contributed by atoms with Crippen molar-refractivity contribution in [1.29, 1.82) is 0 Å². The van der Waals surface area contributed by atoms with Gasteiger partial charge >= 0.3 is 6.03 Å². The van der Waals surface area contributed by atoms with Crippen LogP contribution in [0, 0.1) is 19.7 Å². The van der Waals surface area contributed by atoms with Gasteiger partial charge in [-0.15, -0.1) is 0 Å². The van der Waals surface area contributed by atoms with E-state index in [1.54, 1.807) is 24.3 Å². The average molecular weight is 319 g/mol. The minimum Gasteiger partial charge on any atom is -0.314 e. The molecule has 5 heteroatoms. The van der Waals surface area contributed by atoms with Gasteiger partial charge in [0.2, 0.25) is 0 Å². The van der Waals surface area contributed by atoms with Crippen LogP contribution in [0.3, 0.4) is 0 Å². The van der Waals surface area contributed by atoms with E-state index in [0.29, 0.717) is 10.7 Å². The van der Waals surface area contributed by atoms with Crippen LogP contribution in [0.15, 0.2) is 42.6 Å². The van der Waals surface area contributed by atoms with Crippen LogP contribution in [-0.2, 0) is 0 Å². The largest absolute Gasteiger partial charge is 0.323 e. The summed E-state index contributed by atoms with van der Waals surface area (Å²) in [6.45, 7) is 3.82. The van der Waals surface area contributed by atoms with Crippen LogP contribution in [0.1, 0.15) is 16.7 Å². The minimum atomic E-state index is -0.396. The summed E-state index contributed by atoms with van der Waals surface area (Å²) in [5, 5.41) is 5.78. The minimum absolute atomic E-state index is 0.299. The highest BCUT2D eigenvalue weighted by Crippen LogP contribution is 2.27. The second-order valence-corrected chi connectivity index (χ2v) is 5.33. The summed E-state index contributed by atoms with van der Waals surface area (Å²) < 4.78 is 12.8. The second-order valence-electron chi connectivity index (χ2n) is 4.92. The van der Waals surface area contributed by atoms with Crippen LogP contribution in [-0.4, -0.2) is 6.03 Å². The quantitative estimate of drug-likeness (QED) is 0.831. The van der Waals surface area contributed by atoms with E-state index >= 15 is 0 Å². The van der Waals surface area contributed by atoms with Crippen molar-refractivity contribution in [2.75, 3.05) is 5.32 Å². The van der Waals surface area contributed by atoms with Crippen LogP contribution < -0.4 is 10.6 Å². The van der Waals surface area contributed by atoms with Gasteiger partial charge in [0, 0.05) is 6.20 Å². The maximum atomic E-state index is 12.8. The van der Waals surface area contributed by atoms with Crippen molar-refractivity contribution in [1.82, 2.24) is 5.32 Å². The molecule has 0 aliphatic rings. The number of amides is 2. The molecule has 0 saturated carbocycles. The number of aryl methyl sites for hydroxylation is 2. The fourth-order valence-corrected chi connectivity index (χ4v) is 2.38. The standard InChI is InChI=1S/C17H16ClFN2O/c1-11-9-12(2)16(15(18)10-11)21-17(22)20-8-7-13-3-5-14(19)6-4-13/h3-10H,1-2H3,(H2,20,21,22)/b8-7+. The number of carbonyl (C=O) groups is 1. The van der Waals surface area contributed by atoms with Crippen molar-refractivity contribution in [2.45, 2.75) is 13.8 Å². The number of carbonyl (C=O) groups excluding carboxylic acids is 1. The van der Waals surface area contributed by atoms with Crippen molar-refractivity contribution >= 4 is 29.4 Å². The van der Waals surface area contributed by atoms with Crippen molar-refractivity contribution in [3.63, 3.8) is 0 Å². The lowest BCUT2D eigenvalue weighted by Gasteiger charge is -2.11. The Morgan fingerprint density at radius 2 is 1.86 bits per heavy atom. The fraction of sp³-hybridized carbons (Fsp3) is 0.118. The fourth-order valence-electron chi connectivity index (χ4n) is 2.01. The summed E-state index contributed by atoms with van der Waals surface area (Å²) in [4.78, 5) is 11.9. The monoisotopic (exact) mass is 318 g/mol. The van der Waals surface area contributed by atoms with Gasteiger partial charge in [0.1, 0.15) is 5.82 Å². The molecule has 114 valence electrons. The molecule has 2 aromatic carbocycles. The number of nitrogens with one attached hydrogen (secondary N) is 2. The summed E-state index contributed by atoms with van der Waals surface area (Å²) in [5.74, 6) is -0.299. The van der Waals surface area contributed by atoms with E-state index in [0.717, 1.165) is 16.7 Å². The third-order valence-electron chi connectivity index (χ3n) is 3.03. The van der Waals surface area contributed by atoms with E-state index in [4.69, 9.17) is 11.6 Å². The van der Waals surface area contributed by atoms with Gasteiger partial charge in [0.15, 0.2) is 0 Å². The van der Waals surface area contributed by atoms with Gasteiger partial charge in [-0.25, -0.2) is 9.18 Å². The number of urea groups is 1. The lowest BCUT2D eigenvalue weighted by molar-refractivity contribution is 0.255. The molecule has 0 radical (unpaired) electrons. The first kappa shape index (κ1) is 16.0. The smallest absolute Gasteiger partial charge is 0.314 e. The Labute approximate surface area is 133 Å². The van der Waals surface area contributed by atoms with E-state index in [1.807, 2.05) is 19.9 Å². The molecule has 0 bridgehead atoms. The molecular formula is C17H16ClFN2O. The predicted molar refractivity (Wildman–Crippen MR) is 88.5 cm³/mol. The third kappa shape index (κ3) is 4.33. The molecular weight excluding hydrogens is 303 g/mol. The summed E-state index contributed by atoms with van der Waals surface area (Å²) in [5.41, 5.74) is 3.29. The van der Waals surface area contributed by atoms with Gasteiger partial charge < -0.3 is 10.6 Å². The zero-order valence-electron chi connectivity index (χ0n) is 12.3. The number of anilines is 1. The Kier molecular flexibility index (Phi) is 5.17. The van der Waals surface area contributed by atoms with Crippen LogP contribution in [0.5, 0.6) is 0 Å². The zero-order valence-corrected chi connectivity index (χ0v) is 13.0. The van der Waals surface area contributed by atoms with E-state index in [1.165, 1.54) is 18.3 Å². The average Bonchev–Trinajstić information content (AvgIpc) is 2.45. The highest BCUT2D eigenvalue weighted by Gasteiger charge is 2.08. The maximum Gasteiger partial charge on any atom is 0.323 e. The first-order valence-corrected chi connectivity index (χ1v) is 7.10. The molecule has 0 unspecified atom stereocenters. The second kappa shape index (κ2) is 7.09. The van der Waals surface area contributed by atoms with E-state index in [2.05, 4.69) is 10.6 Å². The molecule has 0 heterocycles. The Hall–Kier alpha value is -2.33. The van der Waals surface area contributed by atoms with E-state index in [-0.39, 0.29) is 5.82 Å². The van der Waals surface area contributed by atoms with Crippen molar-refractivity contribution in [2.24, 2.45) is 0 Å². The molecule has 2 rings (SSSR count). The van der Waals surface area contributed by atoms with Crippen LogP contribution in [0.4, 0.5) is 14.9 Å². The Morgan fingerprint density at radius 1 is 1.18 bits per heavy atom. The molecule has 2 aromatic rings. The van der Waals surface area contributed by atoms with Gasteiger partial charge in [-0.1, -0.05) is 29.8 Å². The summed E-state index contributed by atoms with van der Waals surface area (Å²) in [7, 11) is 0. The normalized spacial score (nSPS) is 10.7. The molecule has 2 N–H and O–H groups in total. The molecule has 0 aromatic heterocycles. The molecule has 0 atom stereocenters. The molecule has 0 aliphatic heterocycles. The van der Waals surface area contributed by atoms with Gasteiger partial charge in [-0.3, -0.25) is 0 Å². The molecule has 0 fully saturated rings. The number of benzene rings is 2. The highest BCUT2D eigenvalue weighted by molar-refractivity contribution is 6.34. The van der Waals surface area contributed by atoms with E-state index in [9.17, 15) is 9.18 Å². The van der Waals surface area contributed by atoms with Crippen molar-refractivity contribution < 1.29 is 9.18 Å². The van der Waals surface area contributed by atoms with Gasteiger partial charge in [0.05, 0.1) is 10.7 Å². The summed E-state index contributed by atoms with van der Waals surface area (Å²) in [6, 6.07) is 9.28. The van der Waals surface area contributed by atoms with E-state index < -0.39 is 6.03 Å². The molecule has 2 amide bonds. The number of hydrogen-bond donors (Lipinski definition) is 2. The molecule has 0 spiro atoms. The summed E-state index contributed by atoms with van der Waals surface area (Å²) in [6.07, 6.45) is 3.16. The topological polar surface area (TPSA) is 41.1 Å². The van der Waals surface area contributed by atoms with Crippen LogP contribution in [0.25, 0.3) is 6.08 Å². The van der Waals surface area contributed by atoms with Gasteiger partial charge in [0.25, 0.3) is 0 Å². The third-order valence-corrected chi connectivity index (χ3v) is 3.33. The maximum absolute atomic E-state index is 12.8. The zero-order chi connectivity index (χ0) is 16.1. The molecule has 22 heavy (non-hydrogen) atoms. The summed E-state index contributed by atoms with van der Waals surface area (Å²) >= 11 is 6.13. The van der Waals surface area contributed by atoms with Crippen LogP contribution >= 0.6 is 11.6 Å². The van der Waals surface area contributed by atoms with Crippen molar-refractivity contribution in [3.8, 4) is 0 Å². The molecule has 3 nitrogen and oxygen atoms in total. The number of halogens is 2.